The van der Waals surface area contributed by atoms with Crippen LogP contribution in [0.25, 0.3) is 10.9 Å². The number of anilines is 1. The number of esters is 3. The van der Waals surface area contributed by atoms with Crippen molar-refractivity contribution in [2.24, 2.45) is 17.3 Å². The van der Waals surface area contributed by atoms with Gasteiger partial charge in [-0.15, -0.1) is 0 Å². The van der Waals surface area contributed by atoms with Crippen LogP contribution in [0.3, 0.4) is 0 Å². The summed E-state index contributed by atoms with van der Waals surface area (Å²) in [5.74, 6) is -1.48. The van der Waals surface area contributed by atoms with E-state index >= 15 is 4.79 Å². The average Bonchev–Trinajstić information content (AvgIpc) is 3.91. The fourth-order valence-corrected chi connectivity index (χ4v) is 13.3. The average molecular weight is 809 g/mol. The summed E-state index contributed by atoms with van der Waals surface area (Å²) in [4.78, 5) is 66.3. The lowest BCUT2D eigenvalue weighted by molar-refractivity contribution is -0.228. The molecule has 2 saturated heterocycles. The van der Waals surface area contributed by atoms with E-state index in [9.17, 15) is 19.5 Å². The number of para-hydroxylation sites is 1. The van der Waals surface area contributed by atoms with Crippen LogP contribution in [0.15, 0.2) is 48.6 Å². The van der Waals surface area contributed by atoms with Crippen LogP contribution in [0.2, 0.25) is 0 Å². The van der Waals surface area contributed by atoms with Gasteiger partial charge < -0.3 is 38.8 Å². The van der Waals surface area contributed by atoms with Gasteiger partial charge in [-0.05, 0) is 67.3 Å². The molecule has 1 aromatic heterocycles. The molecule has 9 rings (SSSR count). The highest BCUT2D eigenvalue weighted by molar-refractivity contribution is 5.94. The molecule has 1 amide bonds. The zero-order chi connectivity index (χ0) is 41.6. The van der Waals surface area contributed by atoms with E-state index in [0.29, 0.717) is 68.2 Å². The van der Waals surface area contributed by atoms with E-state index in [4.69, 9.17) is 18.9 Å². The Kier molecular flexibility index (Phi) is 9.56. The molecule has 3 aromatic rings. The van der Waals surface area contributed by atoms with Crippen LogP contribution in [0.5, 0.6) is 5.75 Å². The molecule has 2 unspecified atom stereocenters. The molecule has 59 heavy (non-hydrogen) atoms. The largest absolute Gasteiger partial charge is 0.496 e. The van der Waals surface area contributed by atoms with Crippen molar-refractivity contribution >= 4 is 40.9 Å². The smallest absolute Gasteiger partial charge is 0.344 e. The van der Waals surface area contributed by atoms with Crippen molar-refractivity contribution < 1.29 is 43.2 Å². The number of piperidine rings is 1. The Balaban J connectivity index is 1.36. The Hall–Kier alpha value is -4.72. The molecule has 6 heterocycles. The number of nitrogens with zero attached hydrogens (tertiary/aromatic N) is 3. The zero-order valence-corrected chi connectivity index (χ0v) is 34.9. The summed E-state index contributed by atoms with van der Waals surface area (Å²) in [6, 6.07) is 10.5. The van der Waals surface area contributed by atoms with Crippen molar-refractivity contribution in [1.29, 1.82) is 0 Å². The summed E-state index contributed by atoms with van der Waals surface area (Å²) < 4.78 is 23.8. The lowest BCUT2D eigenvalue weighted by Gasteiger charge is -2.63. The number of rotatable bonds is 8. The molecule has 6 aliphatic rings. The highest BCUT2D eigenvalue weighted by Crippen LogP contribution is 2.68. The van der Waals surface area contributed by atoms with Gasteiger partial charge >= 0.3 is 17.9 Å². The van der Waals surface area contributed by atoms with Gasteiger partial charge in [-0.1, -0.05) is 50.6 Å². The maximum atomic E-state index is 15.3. The van der Waals surface area contributed by atoms with Crippen molar-refractivity contribution in [3.05, 3.63) is 70.9 Å². The Morgan fingerprint density at radius 1 is 1.00 bits per heavy atom. The van der Waals surface area contributed by atoms with E-state index in [0.717, 1.165) is 54.5 Å². The summed E-state index contributed by atoms with van der Waals surface area (Å²) in [7, 11) is 4.22. The quantitative estimate of drug-likeness (QED) is 0.146. The maximum Gasteiger partial charge on any atom is 0.344 e. The molecular formula is C46H56N4O9. The maximum absolute atomic E-state index is 15.3. The minimum absolute atomic E-state index is 0.186. The number of ether oxygens (including phenoxy) is 4. The van der Waals surface area contributed by atoms with Gasteiger partial charge in [-0.25, -0.2) is 4.79 Å². The Morgan fingerprint density at radius 3 is 2.47 bits per heavy atom. The second-order valence-corrected chi connectivity index (χ2v) is 17.8. The standard InChI is InChI=1S/C46H56N4O9/c1-7-28-20-29-25-48(24-28)18-14-31-30-12-9-10-13-34(30)47-35(31)23-45(29,41(53)57-5)33-21-32-36(22-37(33)56-4)50(26-51)39-44(32)16-19-49-17-11-15-43(8-2,38(44)49)40(59-27(3)52)46(39,55)42(54)58-6/h9-13,15,21-22,26,28-29,38-40,47,55H,7-8,14,16-20,23-25H2,1-6H3/t28-,29?,38-,39+,40+,43+,44+,45-,46-/m0/s1. The SMILES string of the molecule is CC[C@H]1CC2CN(CCc3c([nH]c4ccccc34)C[C@@]2(C(=O)OC)c2cc3c(cc2OC)N(C=O)[C@H]2[C@@](O)(C(=O)OC)[C@H](OC(C)=O)[C@]4(CC)C=CCN5CC[C@]32[C@@H]54)C1. The molecule has 1 spiro atoms. The molecular weight excluding hydrogens is 753 g/mol. The molecule has 10 atom stereocenters. The Morgan fingerprint density at radius 2 is 1.78 bits per heavy atom. The molecule has 3 fully saturated rings. The number of methoxy groups -OCH3 is 3. The van der Waals surface area contributed by atoms with Crippen LogP contribution in [0.1, 0.15) is 68.8 Å². The molecule has 0 radical (unpaired) electrons. The molecule has 2 N–H and O–H groups in total. The van der Waals surface area contributed by atoms with Gasteiger partial charge in [0.25, 0.3) is 0 Å². The fourth-order valence-electron chi connectivity index (χ4n) is 13.3. The number of aromatic nitrogens is 1. The summed E-state index contributed by atoms with van der Waals surface area (Å²) in [6.45, 7) is 9.08. The van der Waals surface area contributed by atoms with Crippen LogP contribution >= 0.6 is 0 Å². The van der Waals surface area contributed by atoms with E-state index in [-0.39, 0.29) is 11.9 Å². The van der Waals surface area contributed by atoms with E-state index in [1.807, 2.05) is 37.3 Å². The number of hydrogen-bond acceptors (Lipinski definition) is 11. The van der Waals surface area contributed by atoms with Gasteiger partial charge in [0, 0.05) is 84.6 Å². The number of fused-ring (bicyclic) bond motifs is 6. The van der Waals surface area contributed by atoms with Gasteiger partial charge in [0.2, 0.25) is 12.0 Å². The molecule has 13 heteroatoms. The monoisotopic (exact) mass is 808 g/mol. The second-order valence-electron chi connectivity index (χ2n) is 17.8. The third-order valence-electron chi connectivity index (χ3n) is 15.6. The van der Waals surface area contributed by atoms with Crippen LogP contribution in [-0.2, 0) is 57.1 Å². The Bertz CT molecular complexity index is 2260. The summed E-state index contributed by atoms with van der Waals surface area (Å²) in [5, 5.41) is 14.4. The molecule has 1 saturated carbocycles. The number of benzene rings is 2. The lowest BCUT2D eigenvalue weighted by atomic mass is 9.47. The summed E-state index contributed by atoms with van der Waals surface area (Å²) in [6.07, 6.45) is 7.03. The number of amides is 1. The van der Waals surface area contributed by atoms with Crippen LogP contribution in [0.4, 0.5) is 5.69 Å². The van der Waals surface area contributed by atoms with Gasteiger partial charge in [0.15, 0.2) is 6.10 Å². The number of carbonyl (C=O) groups is 4. The number of carbonyl (C=O) groups excluding carboxylic acids is 4. The van der Waals surface area contributed by atoms with Crippen molar-refractivity contribution in [3.8, 4) is 5.75 Å². The van der Waals surface area contributed by atoms with Crippen molar-refractivity contribution in [1.82, 2.24) is 14.8 Å². The second kappa shape index (κ2) is 14.2. The highest BCUT2D eigenvalue weighted by Gasteiger charge is 2.81. The van der Waals surface area contributed by atoms with Crippen molar-refractivity contribution in [3.63, 3.8) is 0 Å². The summed E-state index contributed by atoms with van der Waals surface area (Å²) >= 11 is 0. The first-order chi connectivity index (χ1) is 28.4. The number of aromatic amines is 1. The van der Waals surface area contributed by atoms with Crippen LogP contribution in [0, 0.1) is 17.3 Å². The van der Waals surface area contributed by atoms with Crippen molar-refractivity contribution in [2.75, 3.05) is 59.0 Å². The number of nitrogens with one attached hydrogen (secondary N) is 1. The predicted molar refractivity (Wildman–Crippen MR) is 219 cm³/mol. The molecule has 1 aliphatic carbocycles. The van der Waals surface area contributed by atoms with E-state index in [1.54, 1.807) is 13.2 Å². The fraction of sp³-hybridized carbons (Fsp3) is 0.565. The van der Waals surface area contributed by atoms with E-state index in [2.05, 4.69) is 33.8 Å². The van der Waals surface area contributed by atoms with E-state index in [1.165, 1.54) is 31.6 Å². The van der Waals surface area contributed by atoms with Gasteiger partial charge in [-0.2, -0.15) is 0 Å². The highest BCUT2D eigenvalue weighted by atomic mass is 16.6. The third kappa shape index (κ3) is 5.19. The molecule has 2 aromatic carbocycles. The molecule has 13 nitrogen and oxygen atoms in total. The first-order valence-electron chi connectivity index (χ1n) is 21.2. The lowest BCUT2D eigenvalue weighted by Crippen LogP contribution is -2.81. The normalized spacial score (nSPS) is 35.6. The van der Waals surface area contributed by atoms with Crippen LogP contribution in [-0.4, -0.2) is 122 Å². The number of hydrogen-bond donors (Lipinski definition) is 2. The van der Waals surface area contributed by atoms with Crippen LogP contribution < -0.4 is 9.64 Å². The molecule has 314 valence electrons. The summed E-state index contributed by atoms with van der Waals surface area (Å²) in [5.41, 5.74) is -0.894. The van der Waals surface area contributed by atoms with E-state index < -0.39 is 52.0 Å². The number of H-pyrrole nitrogens is 1. The zero-order valence-electron chi connectivity index (χ0n) is 34.9. The predicted octanol–water partition coefficient (Wildman–Crippen LogP) is 4.21. The van der Waals surface area contributed by atoms with Gasteiger partial charge in [0.05, 0.1) is 33.1 Å². The van der Waals surface area contributed by atoms with Gasteiger partial charge in [0.1, 0.15) is 11.2 Å². The minimum Gasteiger partial charge on any atom is -0.496 e. The molecule has 2 bridgehead atoms. The Labute approximate surface area is 345 Å². The first-order valence-corrected chi connectivity index (χ1v) is 21.2. The van der Waals surface area contributed by atoms with Crippen molar-refractivity contribution in [2.45, 2.75) is 93.9 Å². The topological polar surface area (TPSA) is 151 Å². The number of aliphatic hydroxyl groups is 1. The third-order valence-corrected chi connectivity index (χ3v) is 15.6. The first kappa shape index (κ1) is 39.7. The van der Waals surface area contributed by atoms with Gasteiger partial charge in [-0.3, -0.25) is 19.3 Å². The minimum atomic E-state index is -2.49. The molecule has 5 aliphatic heterocycles.